The maximum atomic E-state index is 12.8. The Morgan fingerprint density at radius 1 is 1.33 bits per heavy atom. The highest BCUT2D eigenvalue weighted by atomic mass is 32.1. The Morgan fingerprint density at radius 2 is 2.11 bits per heavy atom. The molecule has 1 aliphatic carbocycles. The Hall–Kier alpha value is -2.74. The van der Waals surface area contributed by atoms with Crippen molar-refractivity contribution >= 4 is 28.2 Å². The molecule has 7 nitrogen and oxygen atoms in total. The molecule has 1 aromatic carbocycles. The molecular formula is C19H22N2O5S. The minimum absolute atomic E-state index is 0.00968. The van der Waals surface area contributed by atoms with Gasteiger partial charge in [-0.15, -0.1) is 11.3 Å². The van der Waals surface area contributed by atoms with Gasteiger partial charge in [0, 0.05) is 23.1 Å². The van der Waals surface area contributed by atoms with E-state index in [4.69, 9.17) is 20.3 Å². The molecule has 8 heteroatoms. The number of fused-ring (bicyclic) bond motifs is 1. The summed E-state index contributed by atoms with van der Waals surface area (Å²) in [6.45, 7) is 0.264. The zero-order valence-corrected chi connectivity index (χ0v) is 16.0. The SMILES string of the molecule is COc1ccc(CNC(=O)c2c(N)sc3c2C(CC(=O)O)CC3)c(OC)c1. The number of thiophene rings is 1. The number of hydrogen-bond acceptors (Lipinski definition) is 6. The quantitative estimate of drug-likeness (QED) is 0.670. The molecule has 2 aromatic rings. The van der Waals surface area contributed by atoms with Crippen molar-refractivity contribution in [3.63, 3.8) is 0 Å². The number of carboxylic acid groups (broad SMARTS) is 1. The lowest BCUT2D eigenvalue weighted by Crippen LogP contribution is -2.25. The number of rotatable bonds is 7. The van der Waals surface area contributed by atoms with E-state index in [0.717, 1.165) is 28.8 Å². The molecule has 0 aliphatic heterocycles. The first-order valence-electron chi connectivity index (χ1n) is 8.56. The van der Waals surface area contributed by atoms with Gasteiger partial charge in [-0.3, -0.25) is 9.59 Å². The fourth-order valence-electron chi connectivity index (χ4n) is 3.49. The van der Waals surface area contributed by atoms with Gasteiger partial charge < -0.3 is 25.6 Å². The van der Waals surface area contributed by atoms with Crippen molar-refractivity contribution in [2.24, 2.45) is 0 Å². The van der Waals surface area contributed by atoms with Gasteiger partial charge in [-0.2, -0.15) is 0 Å². The molecule has 1 amide bonds. The van der Waals surface area contributed by atoms with Gasteiger partial charge in [0.2, 0.25) is 0 Å². The van der Waals surface area contributed by atoms with E-state index in [-0.39, 0.29) is 24.8 Å². The number of aryl methyl sites for hydroxylation is 1. The molecule has 1 aromatic heterocycles. The molecule has 3 rings (SSSR count). The molecule has 0 saturated carbocycles. The van der Waals surface area contributed by atoms with E-state index in [2.05, 4.69) is 5.32 Å². The molecule has 0 fully saturated rings. The van der Waals surface area contributed by atoms with E-state index in [1.165, 1.54) is 11.3 Å². The van der Waals surface area contributed by atoms with E-state index < -0.39 is 5.97 Å². The second kappa shape index (κ2) is 7.87. The van der Waals surface area contributed by atoms with Gasteiger partial charge in [0.05, 0.1) is 31.2 Å². The highest BCUT2D eigenvalue weighted by Crippen LogP contribution is 2.45. The number of aliphatic carboxylic acids is 1. The van der Waals surface area contributed by atoms with Crippen LogP contribution in [0.4, 0.5) is 5.00 Å². The minimum Gasteiger partial charge on any atom is -0.497 e. The van der Waals surface area contributed by atoms with Crippen LogP contribution in [0.1, 0.15) is 45.1 Å². The molecule has 0 saturated heterocycles. The lowest BCUT2D eigenvalue weighted by atomic mass is 9.95. The van der Waals surface area contributed by atoms with Crippen LogP contribution in [0.3, 0.4) is 0 Å². The summed E-state index contributed by atoms with van der Waals surface area (Å²) < 4.78 is 10.5. The van der Waals surface area contributed by atoms with Gasteiger partial charge >= 0.3 is 5.97 Å². The fraction of sp³-hybridized carbons (Fsp3) is 0.368. The van der Waals surface area contributed by atoms with Crippen LogP contribution in [0.2, 0.25) is 0 Å². The van der Waals surface area contributed by atoms with Crippen molar-refractivity contribution in [3.05, 3.63) is 39.8 Å². The molecule has 0 spiro atoms. The molecule has 1 heterocycles. The second-order valence-electron chi connectivity index (χ2n) is 6.37. The molecule has 27 heavy (non-hydrogen) atoms. The molecule has 0 bridgehead atoms. The van der Waals surface area contributed by atoms with Gasteiger partial charge in [-0.25, -0.2) is 0 Å². The Balaban J connectivity index is 1.79. The Kier molecular flexibility index (Phi) is 5.55. The highest BCUT2D eigenvalue weighted by Gasteiger charge is 2.33. The predicted octanol–water partition coefficient (Wildman–Crippen LogP) is 2.78. The van der Waals surface area contributed by atoms with Gasteiger partial charge in [0.15, 0.2) is 0 Å². The Labute approximate surface area is 161 Å². The van der Waals surface area contributed by atoms with Crippen LogP contribution >= 0.6 is 11.3 Å². The summed E-state index contributed by atoms with van der Waals surface area (Å²) in [4.78, 5) is 25.0. The number of methoxy groups -OCH3 is 2. The third-order valence-electron chi connectivity index (χ3n) is 4.76. The minimum atomic E-state index is -0.869. The number of carbonyl (C=O) groups is 2. The zero-order valence-electron chi connectivity index (χ0n) is 15.2. The van der Waals surface area contributed by atoms with Crippen LogP contribution in [0.25, 0.3) is 0 Å². The Bertz CT molecular complexity index is 877. The standard InChI is InChI=1S/C19H22N2O5S/c1-25-12-5-3-11(13(8-12)26-2)9-21-19(24)17-16-10(7-15(22)23)4-6-14(16)27-18(17)20/h3,5,8,10H,4,6-7,9,20H2,1-2H3,(H,21,24)(H,22,23). The van der Waals surface area contributed by atoms with Crippen LogP contribution in [-0.2, 0) is 17.8 Å². The monoisotopic (exact) mass is 390 g/mol. The summed E-state index contributed by atoms with van der Waals surface area (Å²) in [6.07, 6.45) is 1.51. The maximum absolute atomic E-state index is 12.8. The van der Waals surface area contributed by atoms with Crippen molar-refractivity contribution in [2.75, 3.05) is 20.0 Å². The molecule has 4 N–H and O–H groups in total. The summed E-state index contributed by atoms with van der Waals surface area (Å²) in [5.41, 5.74) is 8.11. The summed E-state index contributed by atoms with van der Waals surface area (Å²) in [5.74, 6) is -0.0466. The number of nitrogens with one attached hydrogen (secondary N) is 1. The largest absolute Gasteiger partial charge is 0.497 e. The summed E-state index contributed by atoms with van der Waals surface area (Å²) in [7, 11) is 3.13. The second-order valence-corrected chi connectivity index (χ2v) is 7.51. The first-order chi connectivity index (χ1) is 12.9. The predicted molar refractivity (Wildman–Crippen MR) is 103 cm³/mol. The molecule has 1 unspecified atom stereocenters. The number of nitrogens with two attached hydrogens (primary N) is 1. The maximum Gasteiger partial charge on any atom is 0.303 e. The average Bonchev–Trinajstić information content (AvgIpc) is 3.17. The lowest BCUT2D eigenvalue weighted by Gasteiger charge is -2.13. The van der Waals surface area contributed by atoms with Gasteiger partial charge in [-0.1, -0.05) is 0 Å². The molecule has 144 valence electrons. The molecule has 1 aliphatic rings. The van der Waals surface area contributed by atoms with Crippen molar-refractivity contribution in [1.29, 1.82) is 0 Å². The van der Waals surface area contributed by atoms with E-state index in [1.54, 1.807) is 26.4 Å². The van der Waals surface area contributed by atoms with Gasteiger partial charge in [0.25, 0.3) is 5.91 Å². The van der Waals surface area contributed by atoms with Crippen LogP contribution in [0, 0.1) is 0 Å². The van der Waals surface area contributed by atoms with E-state index >= 15 is 0 Å². The summed E-state index contributed by atoms with van der Waals surface area (Å²) in [6, 6.07) is 5.37. The summed E-state index contributed by atoms with van der Waals surface area (Å²) >= 11 is 1.38. The third kappa shape index (κ3) is 3.85. The first-order valence-corrected chi connectivity index (χ1v) is 9.38. The van der Waals surface area contributed by atoms with Crippen molar-refractivity contribution in [1.82, 2.24) is 5.32 Å². The fourth-order valence-corrected chi connectivity index (χ4v) is 4.66. The number of ether oxygens (including phenoxy) is 2. The number of anilines is 1. The molecular weight excluding hydrogens is 368 g/mol. The lowest BCUT2D eigenvalue weighted by molar-refractivity contribution is -0.137. The van der Waals surface area contributed by atoms with E-state index in [0.29, 0.717) is 22.1 Å². The average molecular weight is 390 g/mol. The van der Waals surface area contributed by atoms with Gasteiger partial charge in [-0.05, 0) is 36.5 Å². The molecule has 0 radical (unpaired) electrons. The number of carbonyl (C=O) groups excluding carboxylic acids is 1. The van der Waals surface area contributed by atoms with E-state index in [1.807, 2.05) is 6.07 Å². The van der Waals surface area contributed by atoms with Crippen LogP contribution < -0.4 is 20.5 Å². The highest BCUT2D eigenvalue weighted by molar-refractivity contribution is 7.16. The van der Waals surface area contributed by atoms with Crippen LogP contribution in [-0.4, -0.2) is 31.2 Å². The smallest absolute Gasteiger partial charge is 0.303 e. The van der Waals surface area contributed by atoms with E-state index in [9.17, 15) is 9.59 Å². The van der Waals surface area contributed by atoms with Crippen molar-refractivity contribution in [3.8, 4) is 11.5 Å². The normalized spacial score (nSPS) is 15.3. The Morgan fingerprint density at radius 3 is 2.78 bits per heavy atom. The summed E-state index contributed by atoms with van der Waals surface area (Å²) in [5, 5.41) is 12.5. The number of hydrogen-bond donors (Lipinski definition) is 3. The van der Waals surface area contributed by atoms with Crippen molar-refractivity contribution in [2.45, 2.75) is 31.7 Å². The van der Waals surface area contributed by atoms with Crippen molar-refractivity contribution < 1.29 is 24.2 Å². The van der Waals surface area contributed by atoms with Gasteiger partial charge in [0.1, 0.15) is 11.5 Å². The first kappa shape index (κ1) is 19.0. The third-order valence-corrected chi connectivity index (χ3v) is 5.85. The van der Waals surface area contributed by atoms with Crippen LogP contribution in [0.15, 0.2) is 18.2 Å². The zero-order chi connectivity index (χ0) is 19.6. The number of benzene rings is 1. The van der Waals surface area contributed by atoms with Crippen LogP contribution in [0.5, 0.6) is 11.5 Å². The number of nitrogen functional groups attached to an aromatic ring is 1. The molecule has 1 atom stereocenters. The number of amides is 1. The number of carboxylic acids is 1. The topological polar surface area (TPSA) is 111 Å².